The van der Waals surface area contributed by atoms with Crippen LogP contribution in [0.15, 0.2) is 16.9 Å². The van der Waals surface area contributed by atoms with Gasteiger partial charge in [-0.1, -0.05) is 0 Å². The second-order valence-electron chi connectivity index (χ2n) is 2.69. The van der Waals surface area contributed by atoms with Crippen LogP contribution in [0.1, 0.15) is 11.6 Å². The average molecular weight is 184 g/mol. The lowest BCUT2D eigenvalue weighted by Gasteiger charge is -2.12. The molecule has 72 valence electrons. The lowest BCUT2D eigenvalue weighted by Crippen LogP contribution is -2.21. The van der Waals surface area contributed by atoms with Crippen LogP contribution in [-0.4, -0.2) is 28.9 Å². The van der Waals surface area contributed by atoms with E-state index >= 15 is 0 Å². The van der Waals surface area contributed by atoms with Crippen molar-refractivity contribution in [2.75, 3.05) is 13.7 Å². The number of hydrogen-bond donors (Lipinski definition) is 4. The molecule has 0 amide bonds. The number of pyridine rings is 1. The molecule has 1 unspecified atom stereocenters. The molecule has 4 N–H and O–H groups in total. The Morgan fingerprint density at radius 2 is 2.31 bits per heavy atom. The molecule has 0 fully saturated rings. The van der Waals surface area contributed by atoms with Gasteiger partial charge < -0.3 is 15.5 Å². The summed E-state index contributed by atoms with van der Waals surface area (Å²) in [5.74, 6) is -0.198. The summed E-state index contributed by atoms with van der Waals surface area (Å²) >= 11 is 0. The highest BCUT2D eigenvalue weighted by molar-refractivity contribution is 5.22. The Morgan fingerprint density at radius 3 is 2.77 bits per heavy atom. The van der Waals surface area contributed by atoms with E-state index in [0.29, 0.717) is 5.56 Å². The Bertz CT molecular complexity index is 330. The number of hydrogen-bond acceptors (Lipinski definition) is 4. The van der Waals surface area contributed by atoms with Gasteiger partial charge in [-0.25, -0.2) is 0 Å². The van der Waals surface area contributed by atoms with Gasteiger partial charge in [0.15, 0.2) is 5.88 Å². The highest BCUT2D eigenvalue weighted by atomic mass is 16.3. The summed E-state index contributed by atoms with van der Waals surface area (Å²) in [6.07, 6.45) is 0. The zero-order valence-corrected chi connectivity index (χ0v) is 7.24. The maximum Gasteiger partial charge on any atom is 0.251 e. The summed E-state index contributed by atoms with van der Waals surface area (Å²) < 4.78 is 0. The number of aromatic nitrogens is 1. The van der Waals surface area contributed by atoms with Crippen molar-refractivity contribution in [3.63, 3.8) is 0 Å². The summed E-state index contributed by atoms with van der Waals surface area (Å²) in [4.78, 5) is 13.1. The number of nitrogens with one attached hydrogen (secondary N) is 2. The minimum absolute atomic E-state index is 0.126. The van der Waals surface area contributed by atoms with Gasteiger partial charge in [0.1, 0.15) is 0 Å². The average Bonchev–Trinajstić information content (AvgIpc) is 2.04. The van der Waals surface area contributed by atoms with E-state index in [0.717, 1.165) is 0 Å². The maximum atomic E-state index is 10.9. The fourth-order valence-corrected chi connectivity index (χ4v) is 1.11. The number of aromatic amines is 1. The summed E-state index contributed by atoms with van der Waals surface area (Å²) in [6, 6.07) is 2.41. The van der Waals surface area contributed by atoms with Gasteiger partial charge in [0.25, 0.3) is 5.56 Å². The summed E-state index contributed by atoms with van der Waals surface area (Å²) in [5, 5.41) is 20.8. The number of rotatable bonds is 3. The van der Waals surface area contributed by atoms with Crippen molar-refractivity contribution in [1.29, 1.82) is 0 Å². The fraction of sp³-hybridized carbons (Fsp3) is 0.375. The quantitative estimate of drug-likeness (QED) is 0.502. The second kappa shape index (κ2) is 4.06. The third-order valence-corrected chi connectivity index (χ3v) is 1.79. The van der Waals surface area contributed by atoms with Crippen LogP contribution in [0, 0.1) is 0 Å². The lowest BCUT2D eigenvalue weighted by molar-refractivity contribution is 0.250. The molecule has 5 heteroatoms. The van der Waals surface area contributed by atoms with Gasteiger partial charge in [-0.2, -0.15) is 0 Å². The fourth-order valence-electron chi connectivity index (χ4n) is 1.11. The van der Waals surface area contributed by atoms with Crippen molar-refractivity contribution in [2.24, 2.45) is 0 Å². The van der Waals surface area contributed by atoms with Gasteiger partial charge in [0.05, 0.1) is 12.6 Å². The molecular weight excluding hydrogens is 172 g/mol. The van der Waals surface area contributed by atoms with Crippen molar-refractivity contribution in [2.45, 2.75) is 6.04 Å². The first-order valence-electron chi connectivity index (χ1n) is 3.88. The summed E-state index contributed by atoms with van der Waals surface area (Å²) in [6.45, 7) is -0.126. The third kappa shape index (κ3) is 2.30. The van der Waals surface area contributed by atoms with Crippen molar-refractivity contribution < 1.29 is 10.2 Å². The van der Waals surface area contributed by atoms with Crippen molar-refractivity contribution in [3.05, 3.63) is 28.0 Å². The molecule has 0 spiro atoms. The molecule has 1 rings (SSSR count). The molecule has 5 nitrogen and oxygen atoms in total. The van der Waals surface area contributed by atoms with Crippen LogP contribution in [0.5, 0.6) is 5.88 Å². The van der Waals surface area contributed by atoms with E-state index in [9.17, 15) is 4.79 Å². The molecule has 0 aliphatic heterocycles. The number of H-pyrrole nitrogens is 1. The van der Waals surface area contributed by atoms with Gasteiger partial charge in [0.2, 0.25) is 0 Å². The third-order valence-electron chi connectivity index (χ3n) is 1.79. The SMILES string of the molecule is CNC(CO)c1cc(O)[nH]c(=O)c1. The topological polar surface area (TPSA) is 85.3 Å². The van der Waals surface area contributed by atoms with Gasteiger partial charge in [-0.15, -0.1) is 0 Å². The molecule has 0 radical (unpaired) electrons. The molecule has 0 aliphatic rings. The van der Waals surface area contributed by atoms with Crippen LogP contribution in [0.4, 0.5) is 0 Å². The number of aromatic hydroxyl groups is 1. The van der Waals surface area contributed by atoms with Crippen LogP contribution < -0.4 is 10.9 Å². The van der Waals surface area contributed by atoms with Crippen LogP contribution in [0.2, 0.25) is 0 Å². The highest BCUT2D eigenvalue weighted by Gasteiger charge is 2.08. The van der Waals surface area contributed by atoms with Crippen LogP contribution >= 0.6 is 0 Å². The molecule has 0 aliphatic carbocycles. The molecule has 1 aromatic rings. The van der Waals surface area contributed by atoms with E-state index < -0.39 is 0 Å². The Labute approximate surface area is 75.0 Å². The minimum atomic E-state index is -0.385. The molecule has 1 heterocycles. The molecule has 0 aromatic carbocycles. The standard InChI is InChI=1S/C8H12N2O3/c1-9-6(4-11)5-2-7(12)10-8(13)3-5/h2-3,6,9,11H,4H2,1H3,(H2,10,12,13). The van der Waals surface area contributed by atoms with E-state index in [4.69, 9.17) is 10.2 Å². The van der Waals surface area contributed by atoms with E-state index in [-0.39, 0.29) is 24.1 Å². The second-order valence-corrected chi connectivity index (χ2v) is 2.69. The van der Waals surface area contributed by atoms with Gasteiger partial charge in [-0.3, -0.25) is 9.78 Å². The Morgan fingerprint density at radius 1 is 1.62 bits per heavy atom. The summed E-state index contributed by atoms with van der Waals surface area (Å²) in [5.41, 5.74) is 0.176. The molecule has 13 heavy (non-hydrogen) atoms. The lowest BCUT2D eigenvalue weighted by atomic mass is 10.1. The monoisotopic (exact) mass is 184 g/mol. The predicted octanol–water partition coefficient (Wildman–Crippen LogP) is -0.667. The first-order valence-corrected chi connectivity index (χ1v) is 3.88. The van der Waals surface area contributed by atoms with E-state index in [1.807, 2.05) is 0 Å². The van der Waals surface area contributed by atoms with Gasteiger partial charge in [0, 0.05) is 12.1 Å². The van der Waals surface area contributed by atoms with Crippen molar-refractivity contribution in [3.8, 4) is 5.88 Å². The normalized spacial score (nSPS) is 12.8. The van der Waals surface area contributed by atoms with Gasteiger partial charge >= 0.3 is 0 Å². The minimum Gasteiger partial charge on any atom is -0.495 e. The van der Waals surface area contributed by atoms with Crippen LogP contribution in [0.3, 0.4) is 0 Å². The molecule has 0 saturated carbocycles. The largest absolute Gasteiger partial charge is 0.495 e. The van der Waals surface area contributed by atoms with E-state index in [1.165, 1.54) is 12.1 Å². The summed E-state index contributed by atoms with van der Waals surface area (Å²) in [7, 11) is 1.67. The smallest absolute Gasteiger partial charge is 0.251 e. The molecule has 1 atom stereocenters. The number of aliphatic hydroxyl groups is 1. The van der Waals surface area contributed by atoms with Crippen LogP contribution in [-0.2, 0) is 0 Å². The number of likely N-dealkylation sites (N-methyl/N-ethyl adjacent to an activating group) is 1. The van der Waals surface area contributed by atoms with Crippen molar-refractivity contribution >= 4 is 0 Å². The van der Waals surface area contributed by atoms with Gasteiger partial charge in [-0.05, 0) is 12.6 Å². The van der Waals surface area contributed by atoms with Crippen molar-refractivity contribution in [1.82, 2.24) is 10.3 Å². The Hall–Kier alpha value is -1.33. The zero-order chi connectivity index (χ0) is 9.84. The zero-order valence-electron chi connectivity index (χ0n) is 7.24. The first kappa shape index (κ1) is 9.76. The Kier molecular flexibility index (Phi) is 3.05. The highest BCUT2D eigenvalue weighted by Crippen LogP contribution is 2.12. The molecule has 0 saturated heterocycles. The Balaban J connectivity index is 3.06. The number of aliphatic hydroxyl groups excluding tert-OH is 1. The van der Waals surface area contributed by atoms with E-state index in [2.05, 4.69) is 10.3 Å². The molecular formula is C8H12N2O3. The predicted molar refractivity (Wildman–Crippen MR) is 47.6 cm³/mol. The van der Waals surface area contributed by atoms with Crippen LogP contribution in [0.25, 0.3) is 0 Å². The molecule has 0 bridgehead atoms. The maximum absolute atomic E-state index is 10.9. The molecule has 1 aromatic heterocycles. The van der Waals surface area contributed by atoms with E-state index in [1.54, 1.807) is 7.05 Å². The first-order chi connectivity index (χ1) is 6.17.